The van der Waals surface area contributed by atoms with Gasteiger partial charge in [0.25, 0.3) is 0 Å². The number of nitrogens with two attached hydrogens (primary N) is 1. The van der Waals surface area contributed by atoms with Crippen molar-refractivity contribution in [2.45, 2.75) is 13.8 Å². The minimum Gasteiger partial charge on any atom is -0.323 e. The first kappa shape index (κ1) is 9.42. The van der Waals surface area contributed by atoms with Crippen molar-refractivity contribution in [1.82, 2.24) is 0 Å². The van der Waals surface area contributed by atoms with Gasteiger partial charge in [0.15, 0.2) is 9.84 Å². The Morgan fingerprint density at radius 1 is 1.60 bits per heavy atom. The maximum atomic E-state index is 10.8. The molecule has 0 aliphatic carbocycles. The van der Waals surface area contributed by atoms with E-state index in [1.54, 1.807) is 13.8 Å². The number of hydrazone groups is 1. The van der Waals surface area contributed by atoms with Crippen molar-refractivity contribution in [3.8, 4) is 0 Å². The van der Waals surface area contributed by atoms with Crippen molar-refractivity contribution in [3.05, 3.63) is 0 Å². The smallest absolute Gasteiger partial charge is 0.155 e. The van der Waals surface area contributed by atoms with Gasteiger partial charge in [-0.3, -0.25) is 0 Å². The molecule has 60 valence electrons. The predicted octanol–water partition coefficient (Wildman–Crippen LogP) is -0.244. The van der Waals surface area contributed by atoms with Crippen molar-refractivity contribution in [2.24, 2.45) is 10.9 Å². The van der Waals surface area contributed by atoms with Gasteiger partial charge in [-0.25, -0.2) is 8.42 Å². The van der Waals surface area contributed by atoms with Crippen LogP contribution in [0.4, 0.5) is 0 Å². The van der Waals surface area contributed by atoms with Crippen LogP contribution in [-0.4, -0.2) is 25.6 Å². The molecule has 0 aliphatic heterocycles. The largest absolute Gasteiger partial charge is 0.323 e. The van der Waals surface area contributed by atoms with Gasteiger partial charge in [-0.15, -0.1) is 0 Å². The van der Waals surface area contributed by atoms with E-state index in [0.29, 0.717) is 5.71 Å². The molecule has 0 aromatic heterocycles. The Kier molecular flexibility index (Phi) is 3.35. The molecule has 0 heterocycles. The zero-order valence-electron chi connectivity index (χ0n) is 6.16. The molecule has 4 nitrogen and oxygen atoms in total. The summed E-state index contributed by atoms with van der Waals surface area (Å²) in [5.74, 6) is 4.97. The molecule has 0 spiro atoms. The lowest BCUT2D eigenvalue weighted by Crippen LogP contribution is -2.16. The highest BCUT2D eigenvalue weighted by atomic mass is 32.2. The van der Waals surface area contributed by atoms with Gasteiger partial charge in [-0.05, 0) is 6.92 Å². The fraction of sp³-hybridized carbons (Fsp3) is 0.800. The van der Waals surface area contributed by atoms with E-state index in [2.05, 4.69) is 5.10 Å². The topological polar surface area (TPSA) is 72.5 Å². The zero-order chi connectivity index (χ0) is 8.20. The summed E-state index contributed by atoms with van der Waals surface area (Å²) in [6, 6.07) is 0. The van der Waals surface area contributed by atoms with Gasteiger partial charge in [0.05, 0.1) is 5.75 Å². The van der Waals surface area contributed by atoms with E-state index < -0.39 is 9.84 Å². The van der Waals surface area contributed by atoms with Crippen LogP contribution < -0.4 is 5.84 Å². The molecule has 0 radical (unpaired) electrons. The van der Waals surface area contributed by atoms with Crippen molar-refractivity contribution >= 4 is 15.5 Å². The van der Waals surface area contributed by atoms with E-state index in [9.17, 15) is 8.42 Å². The first-order chi connectivity index (χ1) is 4.52. The standard InChI is InChI=1S/C5H12N2O2S/c1-3-10(8,9)4-5(2)7-6/h3-4,6H2,1-2H3/b7-5+. The summed E-state index contributed by atoms with van der Waals surface area (Å²) in [7, 11) is -2.94. The fourth-order valence-electron chi connectivity index (χ4n) is 0.458. The highest BCUT2D eigenvalue weighted by Crippen LogP contribution is 1.89. The quantitative estimate of drug-likeness (QED) is 0.355. The Morgan fingerprint density at radius 2 is 2.10 bits per heavy atom. The van der Waals surface area contributed by atoms with Crippen LogP contribution in [0.15, 0.2) is 5.10 Å². The van der Waals surface area contributed by atoms with Gasteiger partial charge < -0.3 is 5.84 Å². The van der Waals surface area contributed by atoms with Crippen LogP contribution in [0, 0.1) is 0 Å². The van der Waals surface area contributed by atoms with Gasteiger partial charge in [-0.2, -0.15) is 5.10 Å². The molecular formula is C5H12N2O2S. The third-order valence-electron chi connectivity index (χ3n) is 1.09. The number of sulfone groups is 1. The maximum Gasteiger partial charge on any atom is 0.155 e. The normalized spacial score (nSPS) is 13.6. The lowest BCUT2D eigenvalue weighted by Gasteiger charge is -1.97. The molecule has 0 saturated carbocycles. The van der Waals surface area contributed by atoms with E-state index in [-0.39, 0.29) is 11.5 Å². The van der Waals surface area contributed by atoms with E-state index in [1.165, 1.54) is 0 Å². The molecule has 0 unspecified atom stereocenters. The monoisotopic (exact) mass is 164 g/mol. The Hall–Kier alpha value is -0.580. The van der Waals surface area contributed by atoms with Crippen LogP contribution in [0.25, 0.3) is 0 Å². The summed E-state index contributed by atoms with van der Waals surface area (Å²) >= 11 is 0. The minimum atomic E-state index is -2.94. The minimum absolute atomic E-state index is 0.0278. The van der Waals surface area contributed by atoms with Crippen LogP contribution in [-0.2, 0) is 9.84 Å². The lowest BCUT2D eigenvalue weighted by atomic mass is 10.5. The molecule has 0 atom stereocenters. The molecule has 10 heavy (non-hydrogen) atoms. The first-order valence-corrected chi connectivity index (χ1v) is 4.77. The fourth-order valence-corrected chi connectivity index (χ4v) is 1.37. The molecule has 0 rings (SSSR count). The Bertz CT molecular complexity index is 218. The van der Waals surface area contributed by atoms with E-state index in [4.69, 9.17) is 5.84 Å². The number of hydrogen-bond donors (Lipinski definition) is 1. The molecule has 0 saturated heterocycles. The summed E-state index contributed by atoms with van der Waals surface area (Å²) in [6.07, 6.45) is 0. The van der Waals surface area contributed by atoms with Crippen molar-refractivity contribution < 1.29 is 8.42 Å². The molecule has 2 N–H and O–H groups in total. The van der Waals surface area contributed by atoms with Crippen LogP contribution in [0.2, 0.25) is 0 Å². The van der Waals surface area contributed by atoms with Gasteiger partial charge in [0, 0.05) is 11.5 Å². The molecule has 0 aliphatic rings. The summed E-state index contributed by atoms with van der Waals surface area (Å²) in [5.41, 5.74) is 0.446. The van der Waals surface area contributed by atoms with Crippen molar-refractivity contribution in [1.29, 1.82) is 0 Å². The van der Waals surface area contributed by atoms with Gasteiger partial charge in [0.1, 0.15) is 0 Å². The highest BCUT2D eigenvalue weighted by Gasteiger charge is 2.08. The molecule has 5 heteroatoms. The van der Waals surface area contributed by atoms with Gasteiger partial charge in [-0.1, -0.05) is 6.92 Å². The van der Waals surface area contributed by atoms with Crippen LogP contribution >= 0.6 is 0 Å². The number of rotatable bonds is 3. The second-order valence-electron chi connectivity index (χ2n) is 2.04. The Morgan fingerprint density at radius 3 is 2.40 bits per heavy atom. The number of hydrogen-bond acceptors (Lipinski definition) is 4. The first-order valence-electron chi connectivity index (χ1n) is 2.95. The van der Waals surface area contributed by atoms with Gasteiger partial charge >= 0.3 is 0 Å². The number of nitrogens with zero attached hydrogens (tertiary/aromatic N) is 1. The third kappa shape index (κ3) is 3.45. The third-order valence-corrected chi connectivity index (χ3v) is 2.83. The van der Waals surface area contributed by atoms with E-state index in [1.807, 2.05) is 0 Å². The molecule has 0 fully saturated rings. The molecular weight excluding hydrogens is 152 g/mol. The molecule has 0 aromatic carbocycles. The Balaban J connectivity index is 4.17. The van der Waals surface area contributed by atoms with E-state index >= 15 is 0 Å². The average molecular weight is 164 g/mol. The van der Waals surface area contributed by atoms with E-state index in [0.717, 1.165) is 0 Å². The predicted molar refractivity (Wildman–Crippen MR) is 41.6 cm³/mol. The zero-order valence-corrected chi connectivity index (χ0v) is 6.98. The molecule has 0 aromatic rings. The average Bonchev–Trinajstić information content (AvgIpc) is 1.87. The SMILES string of the molecule is CCS(=O)(=O)C/C(C)=N/N. The summed E-state index contributed by atoms with van der Waals surface area (Å²) < 4.78 is 21.7. The second-order valence-corrected chi connectivity index (χ2v) is 4.39. The van der Waals surface area contributed by atoms with Crippen LogP contribution in [0.3, 0.4) is 0 Å². The molecule has 0 bridgehead atoms. The maximum absolute atomic E-state index is 10.8. The van der Waals surface area contributed by atoms with Crippen molar-refractivity contribution in [3.63, 3.8) is 0 Å². The second kappa shape index (κ2) is 3.55. The summed E-state index contributed by atoms with van der Waals surface area (Å²) in [6.45, 7) is 3.19. The van der Waals surface area contributed by atoms with Crippen molar-refractivity contribution in [2.75, 3.05) is 11.5 Å². The van der Waals surface area contributed by atoms with Crippen LogP contribution in [0.5, 0.6) is 0 Å². The lowest BCUT2D eigenvalue weighted by molar-refractivity contribution is 0.601. The van der Waals surface area contributed by atoms with Crippen LogP contribution in [0.1, 0.15) is 13.8 Å². The highest BCUT2D eigenvalue weighted by molar-refractivity contribution is 7.92. The van der Waals surface area contributed by atoms with Gasteiger partial charge in [0.2, 0.25) is 0 Å². The Labute approximate surface area is 61.0 Å². The summed E-state index contributed by atoms with van der Waals surface area (Å²) in [5, 5.41) is 3.26. The molecule has 0 amide bonds. The summed E-state index contributed by atoms with van der Waals surface area (Å²) in [4.78, 5) is 0.